The Labute approximate surface area is 178 Å². The molecular weight excluding hydrogens is 400 g/mol. The van der Waals surface area contributed by atoms with Crippen LogP contribution in [0.4, 0.5) is 16.2 Å². The van der Waals surface area contributed by atoms with Crippen LogP contribution in [0.3, 0.4) is 0 Å². The lowest BCUT2D eigenvalue weighted by atomic mass is 10.1. The minimum atomic E-state index is -0.349. The van der Waals surface area contributed by atoms with E-state index in [0.29, 0.717) is 27.4 Å². The Bertz CT molecular complexity index is 1070. The van der Waals surface area contributed by atoms with E-state index >= 15 is 0 Å². The minimum Gasteiger partial charge on any atom is -0.339 e. The Kier molecular flexibility index (Phi) is 6.82. The van der Waals surface area contributed by atoms with Gasteiger partial charge in [-0.25, -0.2) is 0 Å². The molecule has 0 saturated heterocycles. The summed E-state index contributed by atoms with van der Waals surface area (Å²) in [5.74, 6) is -0.664. The monoisotopic (exact) mass is 420 g/mol. The molecule has 0 aliphatic carbocycles. The summed E-state index contributed by atoms with van der Waals surface area (Å²) in [5, 5.41) is 5.44. The highest BCUT2D eigenvalue weighted by Crippen LogP contribution is 2.29. The van der Waals surface area contributed by atoms with Crippen LogP contribution in [-0.2, 0) is 0 Å². The first-order valence-electron chi connectivity index (χ1n) is 9.05. The average Bonchev–Trinajstić information content (AvgIpc) is 2.75. The summed E-state index contributed by atoms with van der Waals surface area (Å²) in [5.41, 5.74) is 1.82. The van der Waals surface area contributed by atoms with E-state index in [1.54, 1.807) is 81.0 Å². The Hall–Kier alpha value is -3.65. The molecule has 30 heavy (non-hydrogen) atoms. The first kappa shape index (κ1) is 21.1. The predicted molar refractivity (Wildman–Crippen MR) is 118 cm³/mol. The van der Waals surface area contributed by atoms with Crippen LogP contribution >= 0.6 is 11.8 Å². The Morgan fingerprint density at radius 1 is 0.867 bits per heavy atom. The Morgan fingerprint density at radius 2 is 1.60 bits per heavy atom. The van der Waals surface area contributed by atoms with E-state index in [-0.39, 0.29) is 17.1 Å². The third-order valence-corrected chi connectivity index (χ3v) is 5.12. The molecule has 1 heterocycles. The zero-order chi connectivity index (χ0) is 21.5. The number of thioether (sulfide) groups is 1. The fraction of sp³-hybridized carbons (Fsp3) is 0.0909. The van der Waals surface area contributed by atoms with Crippen molar-refractivity contribution in [2.45, 2.75) is 4.90 Å². The maximum Gasteiger partial charge on any atom is 0.286 e. The highest BCUT2D eigenvalue weighted by Gasteiger charge is 2.14. The molecule has 0 atom stereocenters. The van der Waals surface area contributed by atoms with Crippen LogP contribution in [0, 0.1) is 0 Å². The lowest BCUT2D eigenvalue weighted by Gasteiger charge is -2.13. The molecule has 1 aromatic heterocycles. The van der Waals surface area contributed by atoms with Crippen molar-refractivity contribution in [3.63, 3.8) is 0 Å². The standard InChI is InChI=1S/C22H20N4O3S/c1-26(2)22(29)30-19-11-4-3-10-18(19)25-20(27)15-7-5-9-17(13-15)24-21(28)16-8-6-12-23-14-16/h3-14H,1-2H3,(H,24,28)(H,25,27). The maximum absolute atomic E-state index is 12.8. The number of rotatable bonds is 5. The fourth-order valence-corrected chi connectivity index (χ4v) is 3.22. The summed E-state index contributed by atoms with van der Waals surface area (Å²) in [4.78, 5) is 43.1. The van der Waals surface area contributed by atoms with Crippen molar-refractivity contribution in [1.82, 2.24) is 9.88 Å². The number of hydrogen-bond acceptors (Lipinski definition) is 5. The Morgan fingerprint density at radius 3 is 2.33 bits per heavy atom. The summed E-state index contributed by atoms with van der Waals surface area (Å²) >= 11 is 1.03. The van der Waals surface area contributed by atoms with Crippen LogP contribution in [0.2, 0.25) is 0 Å². The largest absolute Gasteiger partial charge is 0.339 e. The van der Waals surface area contributed by atoms with Gasteiger partial charge in [-0.1, -0.05) is 18.2 Å². The molecule has 0 unspecified atom stereocenters. The molecule has 7 nitrogen and oxygen atoms in total. The highest BCUT2D eigenvalue weighted by atomic mass is 32.2. The number of anilines is 2. The molecule has 0 saturated carbocycles. The molecule has 0 fully saturated rings. The second-order valence-electron chi connectivity index (χ2n) is 6.49. The normalized spacial score (nSPS) is 10.2. The fourth-order valence-electron chi connectivity index (χ4n) is 2.48. The lowest BCUT2D eigenvalue weighted by molar-refractivity contribution is 0.101. The van der Waals surface area contributed by atoms with E-state index in [2.05, 4.69) is 15.6 Å². The molecule has 3 aromatic rings. The van der Waals surface area contributed by atoms with E-state index in [4.69, 9.17) is 0 Å². The van der Waals surface area contributed by atoms with Crippen LogP contribution in [0.15, 0.2) is 78.0 Å². The second-order valence-corrected chi connectivity index (χ2v) is 7.48. The topological polar surface area (TPSA) is 91.4 Å². The molecule has 0 bridgehead atoms. The molecule has 0 radical (unpaired) electrons. The lowest BCUT2D eigenvalue weighted by Crippen LogP contribution is -2.17. The van der Waals surface area contributed by atoms with E-state index in [1.165, 1.54) is 11.1 Å². The summed E-state index contributed by atoms with van der Waals surface area (Å²) < 4.78 is 0. The summed E-state index contributed by atoms with van der Waals surface area (Å²) in [6.45, 7) is 0. The number of aromatic nitrogens is 1. The van der Waals surface area contributed by atoms with Crippen LogP contribution in [-0.4, -0.2) is 41.0 Å². The SMILES string of the molecule is CN(C)C(=O)Sc1ccccc1NC(=O)c1cccc(NC(=O)c2cccnc2)c1. The van der Waals surface area contributed by atoms with Crippen molar-refractivity contribution in [3.05, 3.63) is 84.2 Å². The summed E-state index contributed by atoms with van der Waals surface area (Å²) in [7, 11) is 3.34. The van der Waals surface area contributed by atoms with Gasteiger partial charge in [0.1, 0.15) is 0 Å². The number of nitrogens with one attached hydrogen (secondary N) is 2. The van der Waals surface area contributed by atoms with Gasteiger partial charge >= 0.3 is 0 Å². The number of benzene rings is 2. The third-order valence-electron chi connectivity index (χ3n) is 4.00. The zero-order valence-electron chi connectivity index (χ0n) is 16.5. The number of pyridine rings is 1. The first-order chi connectivity index (χ1) is 14.4. The van der Waals surface area contributed by atoms with E-state index in [9.17, 15) is 14.4 Å². The van der Waals surface area contributed by atoms with Gasteiger partial charge in [0.2, 0.25) is 0 Å². The van der Waals surface area contributed by atoms with Crippen LogP contribution in [0.25, 0.3) is 0 Å². The second kappa shape index (κ2) is 9.71. The molecule has 3 amide bonds. The number of amides is 3. The first-order valence-corrected chi connectivity index (χ1v) is 9.86. The van der Waals surface area contributed by atoms with Crippen LogP contribution in [0.5, 0.6) is 0 Å². The smallest absolute Gasteiger partial charge is 0.286 e. The molecular formula is C22H20N4O3S. The molecule has 2 aromatic carbocycles. The van der Waals surface area contributed by atoms with Crippen molar-refractivity contribution in [2.24, 2.45) is 0 Å². The van der Waals surface area contributed by atoms with Crippen molar-refractivity contribution in [1.29, 1.82) is 0 Å². The quantitative estimate of drug-likeness (QED) is 0.599. The van der Waals surface area contributed by atoms with Crippen molar-refractivity contribution in [2.75, 3.05) is 24.7 Å². The third kappa shape index (κ3) is 5.45. The van der Waals surface area contributed by atoms with Gasteiger partial charge in [-0.2, -0.15) is 0 Å². The molecule has 152 valence electrons. The average molecular weight is 420 g/mol. The van der Waals surface area contributed by atoms with Crippen LogP contribution < -0.4 is 10.6 Å². The molecule has 0 aliphatic heterocycles. The van der Waals surface area contributed by atoms with Gasteiger partial charge in [0.05, 0.1) is 11.3 Å². The van der Waals surface area contributed by atoms with Crippen molar-refractivity contribution >= 4 is 40.2 Å². The number of carbonyl (C=O) groups is 3. The molecule has 0 aliphatic rings. The van der Waals surface area contributed by atoms with Gasteiger partial charge in [-0.15, -0.1) is 0 Å². The maximum atomic E-state index is 12.8. The minimum absolute atomic E-state index is 0.142. The highest BCUT2D eigenvalue weighted by molar-refractivity contribution is 8.13. The van der Waals surface area contributed by atoms with Gasteiger partial charge < -0.3 is 15.5 Å². The molecule has 2 N–H and O–H groups in total. The predicted octanol–water partition coefficient (Wildman–Crippen LogP) is 4.36. The number of para-hydroxylation sites is 1. The van der Waals surface area contributed by atoms with Crippen molar-refractivity contribution < 1.29 is 14.4 Å². The van der Waals surface area contributed by atoms with Gasteiger partial charge in [-0.05, 0) is 54.2 Å². The van der Waals surface area contributed by atoms with E-state index < -0.39 is 0 Å². The van der Waals surface area contributed by atoms with Gasteiger partial charge in [0.15, 0.2) is 0 Å². The molecule has 3 rings (SSSR count). The zero-order valence-corrected chi connectivity index (χ0v) is 17.3. The van der Waals surface area contributed by atoms with Gasteiger partial charge in [-0.3, -0.25) is 19.4 Å². The van der Waals surface area contributed by atoms with Crippen molar-refractivity contribution in [3.8, 4) is 0 Å². The van der Waals surface area contributed by atoms with Gasteiger partial charge in [0, 0.05) is 42.6 Å². The summed E-state index contributed by atoms with van der Waals surface area (Å²) in [6, 6.07) is 17.0. The number of nitrogens with zero attached hydrogens (tertiary/aromatic N) is 2. The van der Waals surface area contributed by atoms with Gasteiger partial charge in [0.25, 0.3) is 17.1 Å². The molecule has 8 heteroatoms. The molecule has 0 spiro atoms. The number of hydrogen-bond donors (Lipinski definition) is 2. The summed E-state index contributed by atoms with van der Waals surface area (Å²) in [6.07, 6.45) is 3.06. The van der Waals surface area contributed by atoms with E-state index in [1.807, 2.05) is 0 Å². The van der Waals surface area contributed by atoms with Crippen LogP contribution in [0.1, 0.15) is 20.7 Å². The van der Waals surface area contributed by atoms with E-state index in [0.717, 1.165) is 11.8 Å². The number of carbonyl (C=O) groups excluding carboxylic acids is 3. The Balaban J connectivity index is 1.73.